The van der Waals surface area contributed by atoms with Gasteiger partial charge in [-0.25, -0.2) is 9.18 Å². The summed E-state index contributed by atoms with van der Waals surface area (Å²) in [6.07, 6.45) is -13.5. The van der Waals surface area contributed by atoms with Gasteiger partial charge in [0.2, 0.25) is 6.23 Å². The lowest BCUT2D eigenvalue weighted by Gasteiger charge is -2.30. The van der Waals surface area contributed by atoms with Gasteiger partial charge in [-0.05, 0) is 24.6 Å². The van der Waals surface area contributed by atoms with Crippen molar-refractivity contribution in [1.29, 1.82) is 0 Å². The van der Waals surface area contributed by atoms with E-state index in [9.17, 15) is 35.5 Å². The molecule has 0 saturated carbocycles. The number of carbonyl (C=O) groups is 1. The molecule has 0 aliphatic carbocycles. The van der Waals surface area contributed by atoms with Crippen LogP contribution in [0.5, 0.6) is 0 Å². The van der Waals surface area contributed by atoms with Crippen LogP contribution in [0.4, 0.5) is 36.4 Å². The molecule has 1 N–H and O–H groups in total. The number of benzene rings is 2. The van der Waals surface area contributed by atoms with Crippen LogP contribution in [0.2, 0.25) is 5.02 Å². The Balaban J connectivity index is 1.96. The molecule has 1 aliphatic heterocycles. The number of ether oxygens (including phenoxy) is 1. The minimum atomic E-state index is -6.21. The summed E-state index contributed by atoms with van der Waals surface area (Å²) in [6, 6.07) is 6.20. The molecule has 0 fully saturated rings. The van der Waals surface area contributed by atoms with Crippen LogP contribution in [0, 0.1) is 6.92 Å². The Morgan fingerprint density at radius 3 is 2.17 bits per heavy atom. The van der Waals surface area contributed by atoms with E-state index in [4.69, 9.17) is 16.3 Å². The highest BCUT2D eigenvalue weighted by molar-refractivity contribution is 6.34. The van der Waals surface area contributed by atoms with E-state index in [1.54, 1.807) is 0 Å². The number of halogens is 8. The predicted octanol–water partition coefficient (Wildman–Crippen LogP) is 6.22. The summed E-state index contributed by atoms with van der Waals surface area (Å²) in [7, 11) is 0. The number of hydrogen-bond donors (Lipinski definition) is 1. The number of esters is 1. The molecular weight excluding hydrogens is 431 g/mol. The lowest BCUT2D eigenvalue weighted by molar-refractivity contribution is -0.348. The summed E-state index contributed by atoms with van der Waals surface area (Å²) in [6.45, 7) is 1.19. The largest absolute Gasteiger partial charge is 0.435 e. The number of cyclic esters (lactones) is 1. The standard InChI is InChI=1S/C18H11ClF7NO2/c1-8-7-9(16(20,17(21,22)23)18(24,25)26)5-6-12(8)27-14-10-3-2-4-11(19)13(10)15(28)29-14/h2-7,14,27H,1H3. The smallest absolute Gasteiger partial charge is 0.434 e. The van der Waals surface area contributed by atoms with Crippen molar-refractivity contribution in [2.75, 3.05) is 5.32 Å². The van der Waals surface area contributed by atoms with Crippen molar-refractivity contribution in [2.45, 2.75) is 31.2 Å². The minimum Gasteiger partial charge on any atom is -0.434 e. The van der Waals surface area contributed by atoms with Crippen LogP contribution in [0.15, 0.2) is 36.4 Å². The molecule has 2 aromatic rings. The van der Waals surface area contributed by atoms with Gasteiger partial charge < -0.3 is 10.1 Å². The number of hydrogen-bond acceptors (Lipinski definition) is 3. The molecule has 3 rings (SSSR count). The fourth-order valence-corrected chi connectivity index (χ4v) is 3.24. The van der Waals surface area contributed by atoms with E-state index in [-0.39, 0.29) is 21.8 Å². The molecule has 0 amide bonds. The number of carbonyl (C=O) groups excluding carboxylic acids is 1. The normalized spacial score (nSPS) is 17.1. The van der Waals surface area contributed by atoms with E-state index in [1.807, 2.05) is 0 Å². The number of fused-ring (bicyclic) bond motifs is 1. The summed E-state index contributed by atoms with van der Waals surface area (Å²) in [5.41, 5.74) is -6.76. The fraction of sp³-hybridized carbons (Fsp3) is 0.278. The zero-order valence-corrected chi connectivity index (χ0v) is 15.1. The Morgan fingerprint density at radius 1 is 1.00 bits per heavy atom. The average molecular weight is 442 g/mol. The third-order valence-electron chi connectivity index (χ3n) is 4.45. The SMILES string of the molecule is Cc1cc(C(F)(C(F)(F)F)C(F)(F)F)ccc1NC1OC(=O)c2c(Cl)cccc21. The summed E-state index contributed by atoms with van der Waals surface area (Å²) in [4.78, 5) is 11.9. The number of aryl methyl sites for hydroxylation is 1. The van der Waals surface area contributed by atoms with Gasteiger partial charge in [0.15, 0.2) is 0 Å². The van der Waals surface area contributed by atoms with Crippen LogP contribution in [-0.4, -0.2) is 18.3 Å². The quantitative estimate of drug-likeness (QED) is 0.454. The van der Waals surface area contributed by atoms with Gasteiger partial charge in [-0.15, -0.1) is 0 Å². The van der Waals surface area contributed by atoms with Gasteiger partial charge in [0, 0.05) is 16.8 Å². The molecule has 0 bridgehead atoms. The van der Waals surface area contributed by atoms with Crippen molar-refractivity contribution in [1.82, 2.24) is 0 Å². The van der Waals surface area contributed by atoms with Gasteiger partial charge in [0.05, 0.1) is 10.6 Å². The Hall–Kier alpha value is -2.49. The first kappa shape index (κ1) is 21.2. The van der Waals surface area contributed by atoms with Gasteiger partial charge in [-0.1, -0.05) is 35.9 Å². The van der Waals surface area contributed by atoms with Gasteiger partial charge in [-0.3, -0.25) is 0 Å². The molecule has 29 heavy (non-hydrogen) atoms. The number of alkyl halides is 7. The molecule has 1 unspecified atom stereocenters. The highest BCUT2D eigenvalue weighted by Crippen LogP contribution is 2.53. The number of anilines is 1. The van der Waals surface area contributed by atoms with Crippen molar-refractivity contribution in [3.05, 3.63) is 63.7 Å². The first-order valence-electron chi connectivity index (χ1n) is 7.97. The molecule has 2 aromatic carbocycles. The molecule has 11 heteroatoms. The molecule has 1 aliphatic rings. The van der Waals surface area contributed by atoms with Crippen LogP contribution < -0.4 is 5.32 Å². The molecule has 1 atom stereocenters. The molecule has 0 aromatic heterocycles. The van der Waals surface area contributed by atoms with E-state index in [2.05, 4.69) is 5.32 Å². The molecule has 156 valence electrons. The fourth-order valence-electron chi connectivity index (χ4n) is 2.98. The highest BCUT2D eigenvalue weighted by atomic mass is 35.5. The van der Waals surface area contributed by atoms with Crippen LogP contribution >= 0.6 is 11.6 Å². The Labute approximate surface area is 164 Å². The zero-order valence-electron chi connectivity index (χ0n) is 14.4. The molecule has 1 heterocycles. The summed E-state index contributed by atoms with van der Waals surface area (Å²) >= 11 is 5.94. The monoisotopic (exact) mass is 441 g/mol. The highest BCUT2D eigenvalue weighted by Gasteiger charge is 2.73. The molecule has 0 radical (unpaired) electrons. The van der Waals surface area contributed by atoms with Crippen molar-refractivity contribution in [2.24, 2.45) is 0 Å². The van der Waals surface area contributed by atoms with E-state index < -0.39 is 35.8 Å². The van der Waals surface area contributed by atoms with Crippen LogP contribution in [0.3, 0.4) is 0 Å². The minimum absolute atomic E-state index is 0.0473. The average Bonchev–Trinajstić information content (AvgIpc) is 2.91. The first-order chi connectivity index (χ1) is 13.3. The van der Waals surface area contributed by atoms with Gasteiger partial charge in [-0.2, -0.15) is 26.3 Å². The Bertz CT molecular complexity index is 958. The van der Waals surface area contributed by atoms with E-state index >= 15 is 0 Å². The third kappa shape index (κ3) is 3.39. The van der Waals surface area contributed by atoms with E-state index in [1.165, 1.54) is 25.1 Å². The Kier molecular flexibility index (Phi) is 4.97. The number of nitrogens with one attached hydrogen (secondary N) is 1. The third-order valence-corrected chi connectivity index (χ3v) is 4.76. The maximum absolute atomic E-state index is 14.2. The predicted molar refractivity (Wildman–Crippen MR) is 89.3 cm³/mol. The lowest BCUT2D eigenvalue weighted by Crippen LogP contribution is -2.50. The van der Waals surface area contributed by atoms with Crippen LogP contribution in [0.25, 0.3) is 0 Å². The second-order valence-electron chi connectivity index (χ2n) is 6.32. The van der Waals surface area contributed by atoms with E-state index in [0.29, 0.717) is 17.7 Å². The van der Waals surface area contributed by atoms with Crippen molar-refractivity contribution >= 4 is 23.3 Å². The Morgan fingerprint density at radius 2 is 1.62 bits per heavy atom. The molecule has 0 spiro atoms. The van der Waals surface area contributed by atoms with Crippen molar-refractivity contribution in [3.63, 3.8) is 0 Å². The molecule has 3 nitrogen and oxygen atoms in total. The van der Waals surface area contributed by atoms with Crippen LogP contribution in [-0.2, 0) is 10.4 Å². The summed E-state index contributed by atoms with van der Waals surface area (Å²) in [5.74, 6) is -0.741. The van der Waals surface area contributed by atoms with Crippen LogP contribution in [0.1, 0.15) is 33.3 Å². The summed E-state index contributed by atoms with van der Waals surface area (Å²) in [5, 5.41) is 2.82. The number of rotatable bonds is 3. The van der Waals surface area contributed by atoms with Gasteiger partial charge in [0.1, 0.15) is 0 Å². The molecular formula is C18H11ClF7NO2. The molecule has 0 saturated heterocycles. The first-order valence-corrected chi connectivity index (χ1v) is 8.34. The van der Waals surface area contributed by atoms with Crippen molar-refractivity contribution < 1.29 is 40.3 Å². The second kappa shape index (κ2) is 6.79. The topological polar surface area (TPSA) is 38.3 Å². The van der Waals surface area contributed by atoms with Gasteiger partial charge in [0.25, 0.3) is 0 Å². The maximum atomic E-state index is 14.2. The summed E-state index contributed by atoms with van der Waals surface area (Å²) < 4.78 is 96.8. The zero-order chi connectivity index (χ0) is 21.8. The van der Waals surface area contributed by atoms with Crippen molar-refractivity contribution in [3.8, 4) is 0 Å². The van der Waals surface area contributed by atoms with E-state index in [0.717, 1.165) is 6.07 Å². The van der Waals surface area contributed by atoms with Gasteiger partial charge >= 0.3 is 24.0 Å². The second-order valence-corrected chi connectivity index (χ2v) is 6.72. The maximum Gasteiger partial charge on any atom is 0.435 e. The lowest BCUT2D eigenvalue weighted by atomic mass is 9.92.